The molecule has 35 heavy (non-hydrogen) atoms. The molecule has 0 saturated heterocycles. The molecule has 0 heterocycles. The van der Waals surface area contributed by atoms with E-state index >= 15 is 0 Å². The van der Waals surface area contributed by atoms with E-state index in [2.05, 4.69) is 5.32 Å². The van der Waals surface area contributed by atoms with Gasteiger partial charge in [-0.1, -0.05) is 55.0 Å². The number of carbonyl (C=O) groups is 3. The Bertz CT molecular complexity index is 1070. The fourth-order valence-electron chi connectivity index (χ4n) is 4.94. The van der Waals surface area contributed by atoms with Crippen molar-refractivity contribution in [3.63, 3.8) is 0 Å². The van der Waals surface area contributed by atoms with E-state index in [9.17, 15) is 27.6 Å². The second-order valence-corrected chi connectivity index (χ2v) is 8.81. The van der Waals surface area contributed by atoms with E-state index in [1.807, 2.05) is 48.5 Å². The van der Waals surface area contributed by atoms with Crippen LogP contribution < -0.4 is 10.6 Å². The van der Waals surface area contributed by atoms with Gasteiger partial charge in [-0.25, -0.2) is 4.79 Å². The van der Waals surface area contributed by atoms with Crippen LogP contribution in [0.15, 0.2) is 48.5 Å². The van der Waals surface area contributed by atoms with Gasteiger partial charge >= 0.3 is 18.2 Å². The van der Waals surface area contributed by atoms with Crippen molar-refractivity contribution in [3.05, 3.63) is 59.7 Å². The van der Waals surface area contributed by atoms with Gasteiger partial charge in [0.2, 0.25) is 5.91 Å². The van der Waals surface area contributed by atoms with Crippen LogP contribution in [0.4, 0.5) is 18.0 Å². The zero-order chi connectivity index (χ0) is 25.2. The van der Waals surface area contributed by atoms with E-state index in [4.69, 9.17) is 9.84 Å². The molecular weight excluding hydrogens is 465 g/mol. The Morgan fingerprint density at radius 2 is 1.60 bits per heavy atom. The standard InChI is InChI=1S/C25H25F3N2O5/c26-25(27,28)21(12-22(31)32)30-23(33)18-10-5-11-20(18)29-24(34)35-13-19-16-8-3-1-6-14(16)15-7-2-4-9-17(15)19/h1-4,6-9,18-21H,5,10-13H2,(H,29,34)(H,30,33)(H,31,32)/t18-,20+,21?/m1/s1. The van der Waals surface area contributed by atoms with Crippen LogP contribution in [0.1, 0.15) is 42.7 Å². The maximum Gasteiger partial charge on any atom is 0.409 e. The molecule has 2 aliphatic carbocycles. The van der Waals surface area contributed by atoms with E-state index in [0.29, 0.717) is 12.8 Å². The molecule has 0 spiro atoms. The Morgan fingerprint density at radius 1 is 1.00 bits per heavy atom. The first-order valence-electron chi connectivity index (χ1n) is 11.4. The predicted octanol–water partition coefficient (Wildman–Crippen LogP) is 4.22. The molecule has 186 valence electrons. The topological polar surface area (TPSA) is 105 Å². The number of benzene rings is 2. The van der Waals surface area contributed by atoms with Crippen LogP contribution in [-0.2, 0) is 14.3 Å². The summed E-state index contributed by atoms with van der Waals surface area (Å²) in [4.78, 5) is 35.9. The number of alkyl carbamates (subject to hydrolysis) is 1. The van der Waals surface area contributed by atoms with Crippen molar-refractivity contribution in [2.45, 2.75) is 49.9 Å². The Kier molecular flexibility index (Phi) is 7.00. The highest BCUT2D eigenvalue weighted by atomic mass is 19.4. The van der Waals surface area contributed by atoms with E-state index in [-0.39, 0.29) is 18.9 Å². The Morgan fingerprint density at radius 3 is 2.17 bits per heavy atom. The molecule has 2 amide bonds. The highest BCUT2D eigenvalue weighted by Gasteiger charge is 2.44. The predicted molar refractivity (Wildman–Crippen MR) is 120 cm³/mol. The van der Waals surface area contributed by atoms with Crippen molar-refractivity contribution < 1.29 is 37.4 Å². The zero-order valence-corrected chi connectivity index (χ0v) is 18.7. The Hall–Kier alpha value is -3.56. The van der Waals surface area contributed by atoms with Gasteiger partial charge in [-0.2, -0.15) is 13.2 Å². The van der Waals surface area contributed by atoms with E-state index in [0.717, 1.165) is 22.3 Å². The molecule has 1 unspecified atom stereocenters. The molecule has 0 bridgehead atoms. The van der Waals surface area contributed by atoms with E-state index in [1.54, 1.807) is 5.32 Å². The number of carboxylic acid groups (broad SMARTS) is 1. The third-order valence-electron chi connectivity index (χ3n) is 6.59. The van der Waals surface area contributed by atoms with E-state index in [1.165, 1.54) is 0 Å². The first-order chi connectivity index (χ1) is 16.6. The first kappa shape index (κ1) is 24.6. The number of hydrogen-bond donors (Lipinski definition) is 3. The SMILES string of the molecule is O=C(O)CC(NC(=O)[C@@H]1CCC[C@@H]1NC(=O)OCC1c2ccccc2-c2ccccc21)C(F)(F)F. The molecule has 10 heteroatoms. The molecule has 0 aliphatic heterocycles. The van der Waals surface area contributed by atoms with Crippen LogP contribution in [0.25, 0.3) is 11.1 Å². The monoisotopic (exact) mass is 490 g/mol. The van der Waals surface area contributed by atoms with Gasteiger partial charge in [0.1, 0.15) is 12.6 Å². The van der Waals surface area contributed by atoms with Crippen LogP contribution in [0.2, 0.25) is 0 Å². The second-order valence-electron chi connectivity index (χ2n) is 8.81. The number of hydrogen-bond acceptors (Lipinski definition) is 4. The molecule has 4 rings (SSSR count). The number of alkyl halides is 3. The summed E-state index contributed by atoms with van der Waals surface area (Å²) in [6.07, 6.45) is -5.72. The highest BCUT2D eigenvalue weighted by Crippen LogP contribution is 2.44. The molecular formula is C25H25F3N2O5. The summed E-state index contributed by atoms with van der Waals surface area (Å²) in [6.45, 7) is 0.0677. The lowest BCUT2D eigenvalue weighted by molar-refractivity contribution is -0.171. The molecule has 2 aliphatic rings. The van der Waals surface area contributed by atoms with Crippen LogP contribution in [0, 0.1) is 5.92 Å². The number of fused-ring (bicyclic) bond motifs is 3. The van der Waals surface area contributed by atoms with Crippen molar-refractivity contribution >= 4 is 18.0 Å². The number of carbonyl (C=O) groups excluding carboxylic acids is 2. The summed E-state index contributed by atoms with van der Waals surface area (Å²) in [5, 5.41) is 13.2. The van der Waals surface area contributed by atoms with Gasteiger partial charge in [-0.3, -0.25) is 9.59 Å². The molecule has 3 N–H and O–H groups in total. The highest BCUT2D eigenvalue weighted by molar-refractivity contribution is 5.82. The average molecular weight is 490 g/mol. The van der Waals surface area contributed by atoms with Crippen molar-refractivity contribution in [3.8, 4) is 11.1 Å². The number of ether oxygens (including phenoxy) is 1. The molecule has 1 saturated carbocycles. The first-order valence-corrected chi connectivity index (χ1v) is 11.4. The molecule has 7 nitrogen and oxygen atoms in total. The normalized spacial score (nSPS) is 20.0. The van der Waals surface area contributed by atoms with Crippen molar-refractivity contribution in [1.82, 2.24) is 10.6 Å². The van der Waals surface area contributed by atoms with Gasteiger partial charge in [0.15, 0.2) is 0 Å². The van der Waals surface area contributed by atoms with Crippen molar-refractivity contribution in [2.24, 2.45) is 5.92 Å². The number of halogens is 3. The van der Waals surface area contributed by atoms with Crippen molar-refractivity contribution in [2.75, 3.05) is 6.61 Å². The lowest BCUT2D eigenvalue weighted by atomic mass is 9.98. The zero-order valence-electron chi connectivity index (χ0n) is 18.7. The number of amides is 2. The number of carboxylic acids is 1. The summed E-state index contributed by atoms with van der Waals surface area (Å²) < 4.78 is 44.9. The Labute approximate surface area is 199 Å². The summed E-state index contributed by atoms with van der Waals surface area (Å²) in [6, 6.07) is 12.5. The van der Waals surface area contributed by atoms with Gasteiger partial charge in [0.25, 0.3) is 0 Å². The molecule has 0 radical (unpaired) electrons. The van der Waals surface area contributed by atoms with Gasteiger partial charge in [0.05, 0.1) is 12.3 Å². The average Bonchev–Trinajstić information content (AvgIpc) is 3.39. The molecule has 2 aromatic rings. The second kappa shape index (κ2) is 9.97. The third-order valence-corrected chi connectivity index (χ3v) is 6.59. The number of nitrogens with one attached hydrogen (secondary N) is 2. The summed E-state index contributed by atoms with van der Waals surface area (Å²) in [5.41, 5.74) is 4.22. The van der Waals surface area contributed by atoms with Gasteiger partial charge in [0, 0.05) is 12.0 Å². The van der Waals surface area contributed by atoms with Crippen LogP contribution in [0.5, 0.6) is 0 Å². The minimum Gasteiger partial charge on any atom is -0.481 e. The third kappa shape index (κ3) is 5.41. The smallest absolute Gasteiger partial charge is 0.409 e. The molecule has 2 aromatic carbocycles. The van der Waals surface area contributed by atoms with Crippen LogP contribution >= 0.6 is 0 Å². The maximum absolute atomic E-state index is 13.1. The quantitative estimate of drug-likeness (QED) is 0.539. The van der Waals surface area contributed by atoms with Gasteiger partial charge < -0.3 is 20.5 Å². The minimum absolute atomic E-state index is 0.0677. The lowest BCUT2D eigenvalue weighted by Gasteiger charge is -2.25. The van der Waals surface area contributed by atoms with Gasteiger partial charge in [-0.05, 0) is 35.1 Å². The lowest BCUT2D eigenvalue weighted by Crippen LogP contribution is -2.51. The largest absolute Gasteiger partial charge is 0.481 e. The Balaban J connectivity index is 1.37. The fourth-order valence-corrected chi connectivity index (χ4v) is 4.94. The van der Waals surface area contributed by atoms with Crippen LogP contribution in [-0.4, -0.2) is 47.9 Å². The number of rotatable bonds is 7. The maximum atomic E-state index is 13.1. The summed E-state index contributed by atoms with van der Waals surface area (Å²) in [5.74, 6) is -3.67. The van der Waals surface area contributed by atoms with Gasteiger partial charge in [-0.15, -0.1) is 0 Å². The molecule has 0 aromatic heterocycles. The summed E-state index contributed by atoms with van der Waals surface area (Å²) >= 11 is 0. The molecule has 1 fully saturated rings. The van der Waals surface area contributed by atoms with Crippen molar-refractivity contribution in [1.29, 1.82) is 0 Å². The van der Waals surface area contributed by atoms with Crippen LogP contribution in [0.3, 0.4) is 0 Å². The summed E-state index contributed by atoms with van der Waals surface area (Å²) in [7, 11) is 0. The number of aliphatic carboxylic acids is 1. The minimum atomic E-state index is -4.90. The fraction of sp³-hybridized carbons (Fsp3) is 0.400. The van der Waals surface area contributed by atoms with E-state index < -0.39 is 48.6 Å². The molecule has 3 atom stereocenters.